The van der Waals surface area contributed by atoms with Gasteiger partial charge in [-0.1, -0.05) is 0 Å². The van der Waals surface area contributed by atoms with Crippen LogP contribution in [0.4, 0.5) is 0 Å². The van der Waals surface area contributed by atoms with E-state index in [0.717, 1.165) is 13.0 Å². The minimum atomic E-state index is -0.626. The molecule has 0 saturated carbocycles. The van der Waals surface area contributed by atoms with Gasteiger partial charge < -0.3 is 21.1 Å². The lowest BCUT2D eigenvalue weighted by molar-refractivity contribution is -0.139. The lowest BCUT2D eigenvalue weighted by atomic mass is 10.1. The average molecular weight is 215 g/mol. The Hall–Kier alpha value is -1.14. The molecular formula is C9H17N3O3. The smallest absolute Gasteiger partial charge is 0.309 e. The van der Waals surface area contributed by atoms with E-state index in [4.69, 9.17) is 10.5 Å². The average Bonchev–Trinajstić information content (AvgIpc) is 2.75. The van der Waals surface area contributed by atoms with Gasteiger partial charge in [0.15, 0.2) is 0 Å². The van der Waals surface area contributed by atoms with Crippen LogP contribution in [-0.2, 0) is 14.3 Å². The fraction of sp³-hybridized carbons (Fsp3) is 0.778. The molecule has 1 saturated heterocycles. The first kappa shape index (κ1) is 11.9. The maximum absolute atomic E-state index is 11.2. The van der Waals surface area contributed by atoms with Gasteiger partial charge in [-0.25, -0.2) is 0 Å². The predicted octanol–water partition coefficient (Wildman–Crippen LogP) is -1.79. The number of nitrogens with one attached hydrogen (secondary N) is 2. The first-order valence-electron chi connectivity index (χ1n) is 5.08. The van der Waals surface area contributed by atoms with E-state index in [1.807, 2.05) is 0 Å². The molecule has 1 aliphatic rings. The van der Waals surface area contributed by atoms with Crippen molar-refractivity contribution in [2.45, 2.75) is 6.42 Å². The fourth-order valence-corrected chi connectivity index (χ4v) is 1.33. The van der Waals surface area contributed by atoms with E-state index in [-0.39, 0.29) is 0 Å². The van der Waals surface area contributed by atoms with Crippen molar-refractivity contribution in [3.8, 4) is 0 Å². The van der Waals surface area contributed by atoms with Crippen molar-refractivity contribution in [2.75, 3.05) is 32.8 Å². The van der Waals surface area contributed by atoms with E-state index in [9.17, 15) is 9.59 Å². The van der Waals surface area contributed by atoms with Crippen molar-refractivity contribution >= 4 is 11.8 Å². The highest BCUT2D eigenvalue weighted by Crippen LogP contribution is 2.10. The summed E-state index contributed by atoms with van der Waals surface area (Å²) >= 11 is 0. The summed E-state index contributed by atoms with van der Waals surface area (Å²) in [4.78, 5) is 22.3. The molecule has 1 heterocycles. The molecule has 1 unspecified atom stereocenters. The zero-order valence-electron chi connectivity index (χ0n) is 8.62. The summed E-state index contributed by atoms with van der Waals surface area (Å²) in [6, 6.07) is 0. The summed E-state index contributed by atoms with van der Waals surface area (Å²) in [5.74, 6) is -0.897. The highest BCUT2D eigenvalue weighted by atomic mass is 16.5. The number of rotatable bonds is 4. The lowest BCUT2D eigenvalue weighted by Gasteiger charge is -2.09. The zero-order chi connectivity index (χ0) is 11.1. The van der Waals surface area contributed by atoms with Crippen molar-refractivity contribution in [1.82, 2.24) is 10.6 Å². The fourth-order valence-electron chi connectivity index (χ4n) is 1.33. The topological polar surface area (TPSA) is 93.5 Å². The van der Waals surface area contributed by atoms with Crippen LogP contribution < -0.4 is 16.4 Å². The highest BCUT2D eigenvalue weighted by molar-refractivity contribution is 6.35. The summed E-state index contributed by atoms with van der Waals surface area (Å²) in [7, 11) is 0. The Morgan fingerprint density at radius 1 is 1.33 bits per heavy atom. The number of amides is 2. The van der Waals surface area contributed by atoms with Crippen LogP contribution in [0.1, 0.15) is 6.42 Å². The second-order valence-electron chi connectivity index (χ2n) is 3.48. The van der Waals surface area contributed by atoms with Crippen LogP contribution in [0.15, 0.2) is 0 Å². The Balaban J connectivity index is 2.14. The van der Waals surface area contributed by atoms with E-state index < -0.39 is 11.8 Å². The van der Waals surface area contributed by atoms with Gasteiger partial charge in [-0.15, -0.1) is 0 Å². The summed E-state index contributed by atoms with van der Waals surface area (Å²) in [5, 5.41) is 4.96. The number of hydrogen-bond acceptors (Lipinski definition) is 4. The van der Waals surface area contributed by atoms with Crippen molar-refractivity contribution < 1.29 is 14.3 Å². The molecule has 0 aromatic carbocycles. The van der Waals surface area contributed by atoms with Crippen LogP contribution in [0, 0.1) is 5.92 Å². The first-order valence-corrected chi connectivity index (χ1v) is 5.08. The Labute approximate surface area is 88.5 Å². The molecule has 1 atom stereocenters. The second-order valence-corrected chi connectivity index (χ2v) is 3.48. The lowest BCUT2D eigenvalue weighted by Crippen LogP contribution is -2.43. The standard InChI is InChI=1S/C9H17N3O3/c10-2-3-11-8(13)9(14)12-5-7-1-4-15-6-7/h7H,1-6,10H2,(H,11,13)(H,12,14). The molecule has 2 amide bonds. The number of nitrogens with two attached hydrogens (primary N) is 1. The third kappa shape index (κ3) is 4.26. The van der Waals surface area contributed by atoms with Gasteiger partial charge in [0, 0.05) is 32.2 Å². The Bertz CT molecular complexity index is 227. The first-order chi connectivity index (χ1) is 7.24. The molecule has 86 valence electrons. The van der Waals surface area contributed by atoms with Gasteiger partial charge in [0.05, 0.1) is 6.61 Å². The predicted molar refractivity (Wildman–Crippen MR) is 54.0 cm³/mol. The summed E-state index contributed by atoms with van der Waals surface area (Å²) < 4.78 is 5.15. The largest absolute Gasteiger partial charge is 0.381 e. The molecular weight excluding hydrogens is 198 g/mol. The molecule has 0 spiro atoms. The van der Waals surface area contributed by atoms with Crippen molar-refractivity contribution in [1.29, 1.82) is 0 Å². The Morgan fingerprint density at radius 3 is 2.67 bits per heavy atom. The number of carbonyl (C=O) groups excluding carboxylic acids is 2. The molecule has 0 radical (unpaired) electrons. The Kier molecular flexibility index (Phi) is 5.06. The van der Waals surface area contributed by atoms with Crippen LogP contribution in [0.2, 0.25) is 0 Å². The molecule has 0 aliphatic carbocycles. The van der Waals surface area contributed by atoms with Gasteiger partial charge in [0.2, 0.25) is 0 Å². The van der Waals surface area contributed by atoms with Crippen LogP contribution in [0.5, 0.6) is 0 Å². The van der Waals surface area contributed by atoms with Gasteiger partial charge >= 0.3 is 11.8 Å². The molecule has 6 heteroatoms. The third-order valence-corrected chi connectivity index (χ3v) is 2.21. The van der Waals surface area contributed by atoms with E-state index in [1.54, 1.807) is 0 Å². The van der Waals surface area contributed by atoms with E-state index in [2.05, 4.69) is 10.6 Å². The van der Waals surface area contributed by atoms with E-state index in [1.165, 1.54) is 0 Å². The monoisotopic (exact) mass is 215 g/mol. The van der Waals surface area contributed by atoms with Gasteiger partial charge in [0.1, 0.15) is 0 Å². The third-order valence-electron chi connectivity index (χ3n) is 2.21. The molecule has 1 fully saturated rings. The molecule has 1 aliphatic heterocycles. The van der Waals surface area contributed by atoms with Gasteiger partial charge in [-0.2, -0.15) is 0 Å². The number of carbonyl (C=O) groups is 2. The molecule has 0 aromatic heterocycles. The molecule has 4 N–H and O–H groups in total. The SMILES string of the molecule is NCCNC(=O)C(=O)NCC1CCOC1. The minimum Gasteiger partial charge on any atom is -0.381 e. The highest BCUT2D eigenvalue weighted by Gasteiger charge is 2.18. The van der Waals surface area contributed by atoms with Crippen molar-refractivity contribution in [2.24, 2.45) is 11.7 Å². The molecule has 1 rings (SSSR count). The summed E-state index contributed by atoms with van der Waals surface area (Å²) in [5.41, 5.74) is 5.19. The van der Waals surface area contributed by atoms with E-state index >= 15 is 0 Å². The molecule has 0 bridgehead atoms. The van der Waals surface area contributed by atoms with Crippen LogP contribution in [0.25, 0.3) is 0 Å². The van der Waals surface area contributed by atoms with Gasteiger partial charge in [-0.3, -0.25) is 9.59 Å². The summed E-state index contributed by atoms with van der Waals surface area (Å²) in [6.45, 7) is 2.54. The minimum absolute atomic E-state index is 0.318. The van der Waals surface area contributed by atoms with E-state index in [0.29, 0.717) is 32.2 Å². The molecule has 15 heavy (non-hydrogen) atoms. The van der Waals surface area contributed by atoms with Crippen LogP contribution in [0.3, 0.4) is 0 Å². The van der Waals surface area contributed by atoms with Gasteiger partial charge in [0.25, 0.3) is 0 Å². The van der Waals surface area contributed by atoms with Crippen molar-refractivity contribution in [3.05, 3.63) is 0 Å². The quantitative estimate of drug-likeness (QED) is 0.483. The summed E-state index contributed by atoms with van der Waals surface area (Å²) in [6.07, 6.45) is 0.935. The normalized spacial score (nSPS) is 19.9. The van der Waals surface area contributed by atoms with Crippen molar-refractivity contribution in [3.63, 3.8) is 0 Å². The Morgan fingerprint density at radius 2 is 2.07 bits per heavy atom. The molecule has 6 nitrogen and oxygen atoms in total. The van der Waals surface area contributed by atoms with Crippen LogP contribution in [-0.4, -0.2) is 44.7 Å². The van der Waals surface area contributed by atoms with Gasteiger partial charge in [-0.05, 0) is 6.42 Å². The molecule has 0 aromatic rings. The maximum atomic E-state index is 11.2. The maximum Gasteiger partial charge on any atom is 0.309 e. The number of hydrogen-bond donors (Lipinski definition) is 3. The van der Waals surface area contributed by atoms with Crippen LogP contribution >= 0.6 is 0 Å². The zero-order valence-corrected chi connectivity index (χ0v) is 8.62. The second kappa shape index (κ2) is 6.36. The number of ether oxygens (including phenoxy) is 1.